The number of halogens is 1. The van der Waals surface area contributed by atoms with Crippen molar-refractivity contribution in [2.24, 2.45) is 0 Å². The van der Waals surface area contributed by atoms with Gasteiger partial charge in [-0.15, -0.1) is 0 Å². The number of amides is 3. The molecule has 1 heterocycles. The lowest BCUT2D eigenvalue weighted by molar-refractivity contribution is -0.127. The highest BCUT2D eigenvalue weighted by Crippen LogP contribution is 2.33. The Bertz CT molecular complexity index is 1030. The molecule has 3 amide bonds. The molecule has 3 rings (SSSR count). The van der Waals surface area contributed by atoms with E-state index in [9.17, 15) is 14.4 Å². The predicted octanol–water partition coefficient (Wildman–Crippen LogP) is 4.34. The topological polar surface area (TPSA) is 84.9 Å². The first-order valence-corrected chi connectivity index (χ1v) is 10.0. The van der Waals surface area contributed by atoms with Crippen LogP contribution in [-0.4, -0.2) is 42.7 Å². The monoisotopic (exact) mass is 446 g/mol. The van der Waals surface area contributed by atoms with Gasteiger partial charge in [0.05, 0.1) is 19.1 Å². The lowest BCUT2D eigenvalue weighted by Crippen LogP contribution is -2.36. The molecule has 1 fully saturated rings. The first kappa shape index (κ1) is 21.7. The molecule has 0 spiro atoms. The Labute approximate surface area is 183 Å². The third-order valence-corrected chi connectivity index (χ3v) is 5.62. The number of carbonyl (C=O) groups excluding carboxylic acids is 3. The van der Waals surface area contributed by atoms with E-state index in [2.05, 4.69) is 5.32 Å². The maximum Gasteiger partial charge on any atom is 0.294 e. The van der Waals surface area contributed by atoms with E-state index in [1.165, 1.54) is 14.2 Å². The van der Waals surface area contributed by atoms with Gasteiger partial charge in [0.15, 0.2) is 0 Å². The van der Waals surface area contributed by atoms with Crippen molar-refractivity contribution in [2.75, 3.05) is 26.1 Å². The van der Waals surface area contributed by atoms with Gasteiger partial charge in [0.25, 0.3) is 11.1 Å². The van der Waals surface area contributed by atoms with Crippen LogP contribution in [-0.2, 0) is 9.59 Å². The van der Waals surface area contributed by atoms with Crippen molar-refractivity contribution in [3.05, 3.63) is 57.5 Å². The Morgan fingerprint density at radius 3 is 2.40 bits per heavy atom. The fourth-order valence-corrected chi connectivity index (χ4v) is 3.73. The van der Waals surface area contributed by atoms with Crippen LogP contribution in [0.25, 0.3) is 6.08 Å². The zero-order valence-corrected chi connectivity index (χ0v) is 18.1. The standard InChI is InChI=1S/C21H19ClN2O5S/c1-12-4-5-14(9-17(12)22)23-19(25)11-24-20(26)18(30-21(24)27)8-13-6-15(28-2)10-16(7-13)29-3/h4-10H,11H2,1-3H3,(H,23,25)/b18-8+. The number of hydrogen-bond acceptors (Lipinski definition) is 6. The summed E-state index contributed by atoms with van der Waals surface area (Å²) in [5, 5.41) is 2.64. The maximum atomic E-state index is 12.7. The van der Waals surface area contributed by atoms with Crippen LogP contribution in [0.15, 0.2) is 41.3 Å². The van der Waals surface area contributed by atoms with E-state index < -0.39 is 23.6 Å². The second kappa shape index (κ2) is 9.23. The minimum atomic E-state index is -0.538. The van der Waals surface area contributed by atoms with Gasteiger partial charge in [-0.05, 0) is 60.2 Å². The number of anilines is 1. The Morgan fingerprint density at radius 2 is 1.80 bits per heavy atom. The molecule has 30 heavy (non-hydrogen) atoms. The normalized spacial score (nSPS) is 14.9. The first-order valence-electron chi connectivity index (χ1n) is 8.85. The SMILES string of the molecule is COc1cc(/C=C2/SC(=O)N(CC(=O)Nc3ccc(C)c(Cl)c3)C2=O)cc(OC)c1. The average Bonchev–Trinajstić information content (AvgIpc) is 2.97. The molecular weight excluding hydrogens is 428 g/mol. The zero-order chi connectivity index (χ0) is 21.8. The summed E-state index contributed by atoms with van der Waals surface area (Å²) in [6.45, 7) is 1.45. The summed E-state index contributed by atoms with van der Waals surface area (Å²) in [4.78, 5) is 38.4. The van der Waals surface area contributed by atoms with Gasteiger partial charge in [0.2, 0.25) is 5.91 Å². The van der Waals surface area contributed by atoms with E-state index >= 15 is 0 Å². The van der Waals surface area contributed by atoms with Crippen LogP contribution in [0, 0.1) is 6.92 Å². The molecule has 1 aliphatic heterocycles. The van der Waals surface area contributed by atoms with Gasteiger partial charge in [-0.25, -0.2) is 0 Å². The third kappa shape index (κ3) is 4.95. The molecule has 1 N–H and O–H groups in total. The molecule has 2 aromatic rings. The fraction of sp³-hybridized carbons (Fsp3) is 0.190. The van der Waals surface area contributed by atoms with Crippen molar-refractivity contribution < 1.29 is 23.9 Å². The van der Waals surface area contributed by atoms with Crippen molar-refractivity contribution in [1.29, 1.82) is 0 Å². The number of rotatable bonds is 6. The molecule has 0 aromatic heterocycles. The highest BCUT2D eigenvalue weighted by atomic mass is 35.5. The van der Waals surface area contributed by atoms with Crippen molar-refractivity contribution in [2.45, 2.75) is 6.92 Å². The number of imide groups is 1. The Hall–Kier alpha value is -2.97. The Morgan fingerprint density at radius 1 is 1.13 bits per heavy atom. The number of nitrogens with zero attached hydrogens (tertiary/aromatic N) is 1. The minimum absolute atomic E-state index is 0.210. The van der Waals surface area contributed by atoms with Crippen LogP contribution in [0.2, 0.25) is 5.02 Å². The van der Waals surface area contributed by atoms with Crippen LogP contribution in [0.3, 0.4) is 0 Å². The molecule has 1 aliphatic rings. The number of hydrogen-bond donors (Lipinski definition) is 1. The lowest BCUT2D eigenvalue weighted by atomic mass is 10.2. The van der Waals surface area contributed by atoms with E-state index in [4.69, 9.17) is 21.1 Å². The summed E-state index contributed by atoms with van der Waals surface area (Å²) in [6.07, 6.45) is 1.56. The van der Waals surface area contributed by atoms with Crippen LogP contribution in [0.4, 0.5) is 10.5 Å². The Balaban J connectivity index is 1.73. The summed E-state index contributed by atoms with van der Waals surface area (Å²) in [5.41, 5.74) is 2.00. The Kier molecular flexibility index (Phi) is 6.69. The van der Waals surface area contributed by atoms with E-state index in [0.717, 1.165) is 22.2 Å². The van der Waals surface area contributed by atoms with Crippen LogP contribution in [0.5, 0.6) is 11.5 Å². The first-order chi connectivity index (χ1) is 14.3. The number of methoxy groups -OCH3 is 2. The molecule has 7 nitrogen and oxygen atoms in total. The number of aryl methyl sites for hydroxylation is 1. The molecule has 0 unspecified atom stereocenters. The van der Waals surface area contributed by atoms with E-state index in [0.29, 0.717) is 27.8 Å². The van der Waals surface area contributed by atoms with Crippen molar-refractivity contribution >= 4 is 52.2 Å². The smallest absolute Gasteiger partial charge is 0.294 e. The fourth-order valence-electron chi connectivity index (χ4n) is 2.72. The van der Waals surface area contributed by atoms with Gasteiger partial charge < -0.3 is 14.8 Å². The zero-order valence-electron chi connectivity index (χ0n) is 16.5. The highest BCUT2D eigenvalue weighted by molar-refractivity contribution is 8.18. The second-order valence-corrected chi connectivity index (χ2v) is 7.83. The summed E-state index contributed by atoms with van der Waals surface area (Å²) in [7, 11) is 3.04. The number of ether oxygens (including phenoxy) is 2. The molecule has 0 radical (unpaired) electrons. The molecule has 0 aliphatic carbocycles. The summed E-state index contributed by atoms with van der Waals surface area (Å²) in [5.74, 6) is 0.0670. The molecule has 2 aromatic carbocycles. The number of nitrogens with one attached hydrogen (secondary N) is 1. The molecule has 9 heteroatoms. The van der Waals surface area contributed by atoms with Crippen molar-refractivity contribution in [3.8, 4) is 11.5 Å². The summed E-state index contributed by atoms with van der Waals surface area (Å²) in [6, 6.07) is 10.2. The van der Waals surface area contributed by atoms with Crippen molar-refractivity contribution in [3.63, 3.8) is 0 Å². The van der Waals surface area contributed by atoms with E-state index in [1.54, 1.807) is 42.5 Å². The quantitative estimate of drug-likeness (QED) is 0.664. The summed E-state index contributed by atoms with van der Waals surface area (Å²) < 4.78 is 10.4. The molecular formula is C21H19ClN2O5S. The van der Waals surface area contributed by atoms with Crippen LogP contribution in [0.1, 0.15) is 11.1 Å². The summed E-state index contributed by atoms with van der Waals surface area (Å²) >= 11 is 6.83. The minimum Gasteiger partial charge on any atom is -0.497 e. The van der Waals surface area contributed by atoms with Gasteiger partial charge in [0, 0.05) is 16.8 Å². The number of thioether (sulfide) groups is 1. The van der Waals surface area contributed by atoms with E-state index in [1.807, 2.05) is 6.92 Å². The molecule has 0 saturated carbocycles. The van der Waals surface area contributed by atoms with Gasteiger partial charge >= 0.3 is 0 Å². The van der Waals surface area contributed by atoms with Crippen molar-refractivity contribution in [1.82, 2.24) is 4.90 Å². The molecule has 0 bridgehead atoms. The molecule has 156 valence electrons. The largest absolute Gasteiger partial charge is 0.497 e. The van der Waals surface area contributed by atoms with Crippen LogP contribution < -0.4 is 14.8 Å². The second-order valence-electron chi connectivity index (χ2n) is 6.43. The van der Waals surface area contributed by atoms with Gasteiger partial charge in [-0.1, -0.05) is 17.7 Å². The lowest BCUT2D eigenvalue weighted by Gasteiger charge is -2.13. The van der Waals surface area contributed by atoms with Crippen LogP contribution >= 0.6 is 23.4 Å². The highest BCUT2D eigenvalue weighted by Gasteiger charge is 2.36. The van der Waals surface area contributed by atoms with Gasteiger partial charge in [-0.2, -0.15) is 0 Å². The maximum absolute atomic E-state index is 12.7. The predicted molar refractivity (Wildman–Crippen MR) is 117 cm³/mol. The van der Waals surface area contributed by atoms with E-state index in [-0.39, 0.29) is 4.91 Å². The third-order valence-electron chi connectivity index (χ3n) is 4.30. The van der Waals surface area contributed by atoms with Gasteiger partial charge in [0.1, 0.15) is 18.0 Å². The average molecular weight is 447 g/mol. The molecule has 1 saturated heterocycles. The molecule has 0 atom stereocenters. The number of benzene rings is 2. The van der Waals surface area contributed by atoms with Gasteiger partial charge in [-0.3, -0.25) is 19.3 Å². The number of carbonyl (C=O) groups is 3.